The first-order valence-corrected chi connectivity index (χ1v) is 7.41. The van der Waals surface area contributed by atoms with Crippen LogP contribution in [0.1, 0.15) is 40.8 Å². The van der Waals surface area contributed by atoms with Gasteiger partial charge in [-0.2, -0.15) is 4.98 Å². The Morgan fingerprint density at radius 3 is 2.90 bits per heavy atom. The van der Waals surface area contributed by atoms with Crippen molar-refractivity contribution in [2.75, 3.05) is 4.90 Å². The van der Waals surface area contributed by atoms with Crippen LogP contribution >= 0.6 is 15.9 Å². The van der Waals surface area contributed by atoms with Crippen LogP contribution in [0.4, 0.5) is 5.69 Å². The van der Waals surface area contributed by atoms with Crippen molar-refractivity contribution in [1.82, 2.24) is 10.1 Å². The Morgan fingerprint density at radius 2 is 2.14 bits per heavy atom. The molecule has 0 N–H and O–H groups in total. The van der Waals surface area contributed by atoms with Crippen LogP contribution in [0.3, 0.4) is 0 Å². The van der Waals surface area contributed by atoms with Crippen LogP contribution in [0.15, 0.2) is 27.2 Å². The van der Waals surface area contributed by atoms with Gasteiger partial charge in [0.05, 0.1) is 17.8 Å². The molecule has 1 amide bonds. The number of nitrogens with zero attached hydrogens (tertiary/aromatic N) is 3. The molecule has 0 bridgehead atoms. The summed E-state index contributed by atoms with van der Waals surface area (Å²) >= 11 is 3.30. The van der Waals surface area contributed by atoms with Gasteiger partial charge in [0.1, 0.15) is 0 Å². The van der Waals surface area contributed by atoms with Crippen LogP contribution in [0, 0.1) is 0 Å². The summed E-state index contributed by atoms with van der Waals surface area (Å²) < 4.78 is 5.94. The highest BCUT2D eigenvalue weighted by atomic mass is 79.9. The first kappa shape index (κ1) is 12.7. The monoisotopic (exact) mass is 347 g/mol. The first-order valence-electron chi connectivity index (χ1n) is 6.61. The van der Waals surface area contributed by atoms with Crippen molar-refractivity contribution in [3.63, 3.8) is 0 Å². The minimum Gasteiger partial charge on any atom is -0.339 e. The Bertz CT molecular complexity index is 767. The van der Waals surface area contributed by atoms with Gasteiger partial charge in [0.2, 0.25) is 5.89 Å². The summed E-state index contributed by atoms with van der Waals surface area (Å²) in [5, 5.41) is 3.89. The van der Waals surface area contributed by atoms with E-state index in [2.05, 4.69) is 26.1 Å². The molecule has 6 nitrogen and oxygen atoms in total. The molecule has 7 heteroatoms. The number of Topliss-reactive ketones (excluding diaryl/α,β-unsaturated/α-hetero) is 1. The van der Waals surface area contributed by atoms with Gasteiger partial charge in [-0.3, -0.25) is 14.5 Å². The third-order valence-corrected chi connectivity index (χ3v) is 4.14. The normalized spacial score (nSPS) is 17.5. The van der Waals surface area contributed by atoms with Gasteiger partial charge >= 0.3 is 0 Å². The van der Waals surface area contributed by atoms with Crippen molar-refractivity contribution in [2.24, 2.45) is 0 Å². The number of benzene rings is 1. The number of fused-ring (bicyclic) bond motifs is 1. The smallest absolute Gasteiger partial charge is 0.299 e. The number of ketones is 1. The molecule has 1 aliphatic carbocycles. The lowest BCUT2D eigenvalue weighted by molar-refractivity contribution is -0.114. The van der Waals surface area contributed by atoms with E-state index in [4.69, 9.17) is 4.52 Å². The van der Waals surface area contributed by atoms with E-state index in [9.17, 15) is 9.59 Å². The zero-order chi connectivity index (χ0) is 14.6. The van der Waals surface area contributed by atoms with Crippen molar-refractivity contribution in [3.05, 3.63) is 40.0 Å². The topological polar surface area (TPSA) is 76.3 Å². The molecule has 1 aromatic carbocycles. The minimum absolute atomic E-state index is 0.148. The second kappa shape index (κ2) is 4.49. The molecule has 0 radical (unpaired) electrons. The number of amides is 1. The van der Waals surface area contributed by atoms with E-state index in [1.54, 1.807) is 18.2 Å². The molecule has 0 saturated heterocycles. The van der Waals surface area contributed by atoms with Crippen LogP contribution in [-0.4, -0.2) is 21.8 Å². The van der Waals surface area contributed by atoms with E-state index < -0.39 is 11.7 Å². The summed E-state index contributed by atoms with van der Waals surface area (Å²) in [5.74, 6) is 0.358. The van der Waals surface area contributed by atoms with E-state index >= 15 is 0 Å². The summed E-state index contributed by atoms with van der Waals surface area (Å²) in [6.45, 7) is 0.148. The van der Waals surface area contributed by atoms with Crippen molar-refractivity contribution in [2.45, 2.75) is 25.3 Å². The van der Waals surface area contributed by atoms with Gasteiger partial charge in [-0.25, -0.2) is 0 Å². The Labute approximate surface area is 128 Å². The van der Waals surface area contributed by atoms with Gasteiger partial charge in [-0.05, 0) is 31.0 Å². The van der Waals surface area contributed by atoms with Gasteiger partial charge in [-0.1, -0.05) is 21.1 Å². The molecule has 106 valence electrons. The average Bonchev–Trinajstić information content (AvgIpc) is 3.18. The van der Waals surface area contributed by atoms with E-state index in [-0.39, 0.29) is 6.54 Å². The number of rotatable bonds is 3. The molecule has 1 aliphatic heterocycles. The van der Waals surface area contributed by atoms with Gasteiger partial charge in [-0.15, -0.1) is 0 Å². The number of hydrogen-bond donors (Lipinski definition) is 0. The Morgan fingerprint density at radius 1 is 1.33 bits per heavy atom. The largest absolute Gasteiger partial charge is 0.339 e. The Balaban J connectivity index is 1.65. The van der Waals surface area contributed by atoms with E-state index in [0.717, 1.165) is 17.3 Å². The van der Waals surface area contributed by atoms with Crippen molar-refractivity contribution in [1.29, 1.82) is 0 Å². The fraction of sp³-hybridized carbons (Fsp3) is 0.286. The van der Waals surface area contributed by atoms with Gasteiger partial charge < -0.3 is 4.52 Å². The highest BCUT2D eigenvalue weighted by Gasteiger charge is 2.37. The van der Waals surface area contributed by atoms with E-state index in [1.807, 2.05) is 0 Å². The highest BCUT2D eigenvalue weighted by Crippen LogP contribution is 2.39. The van der Waals surface area contributed by atoms with Crippen LogP contribution in [0.25, 0.3) is 0 Å². The standard InChI is InChI=1S/C14H10BrN3O3/c15-8-3-4-10-9(5-8)12(19)14(20)18(10)6-11-16-13(21-17-11)7-1-2-7/h3-5,7H,1-2,6H2. The molecular formula is C14H10BrN3O3. The first-order chi connectivity index (χ1) is 10.1. The summed E-state index contributed by atoms with van der Waals surface area (Å²) in [4.78, 5) is 29.8. The van der Waals surface area contributed by atoms with E-state index in [1.165, 1.54) is 4.90 Å². The second-order valence-corrected chi connectivity index (χ2v) is 6.12. The molecule has 2 aliphatic rings. The fourth-order valence-corrected chi connectivity index (χ4v) is 2.76. The number of carbonyl (C=O) groups is 2. The summed E-state index contributed by atoms with van der Waals surface area (Å²) in [5.41, 5.74) is 0.992. The lowest BCUT2D eigenvalue weighted by Gasteiger charge is -2.13. The molecule has 0 spiro atoms. The maximum Gasteiger partial charge on any atom is 0.299 e. The quantitative estimate of drug-likeness (QED) is 0.797. The molecular weight excluding hydrogens is 338 g/mol. The minimum atomic E-state index is -0.555. The third-order valence-electron chi connectivity index (χ3n) is 3.64. The van der Waals surface area contributed by atoms with Gasteiger partial charge in [0, 0.05) is 10.4 Å². The maximum absolute atomic E-state index is 12.1. The average molecular weight is 348 g/mol. The molecule has 1 saturated carbocycles. The number of carbonyl (C=O) groups excluding carboxylic acids is 2. The molecule has 21 heavy (non-hydrogen) atoms. The van der Waals surface area contributed by atoms with Crippen LogP contribution < -0.4 is 4.90 Å². The van der Waals surface area contributed by atoms with Crippen molar-refractivity contribution in [3.8, 4) is 0 Å². The highest BCUT2D eigenvalue weighted by molar-refractivity contribution is 9.10. The fourth-order valence-electron chi connectivity index (χ4n) is 2.40. The molecule has 0 atom stereocenters. The molecule has 0 unspecified atom stereocenters. The zero-order valence-electron chi connectivity index (χ0n) is 10.9. The Kier molecular flexibility index (Phi) is 2.72. The van der Waals surface area contributed by atoms with E-state index in [0.29, 0.717) is 28.9 Å². The summed E-state index contributed by atoms with van der Waals surface area (Å²) in [6.07, 6.45) is 2.14. The summed E-state index contributed by atoms with van der Waals surface area (Å²) in [6, 6.07) is 5.19. The summed E-state index contributed by atoms with van der Waals surface area (Å²) in [7, 11) is 0. The maximum atomic E-state index is 12.1. The predicted molar refractivity (Wildman–Crippen MR) is 75.9 cm³/mol. The van der Waals surface area contributed by atoms with Crippen molar-refractivity contribution >= 4 is 33.3 Å². The number of halogens is 1. The number of hydrogen-bond acceptors (Lipinski definition) is 5. The Hall–Kier alpha value is -2.02. The second-order valence-electron chi connectivity index (χ2n) is 5.21. The molecule has 1 aromatic heterocycles. The molecule has 4 rings (SSSR count). The lowest BCUT2D eigenvalue weighted by atomic mass is 10.1. The van der Waals surface area contributed by atoms with Gasteiger partial charge in [0.15, 0.2) is 5.82 Å². The predicted octanol–water partition coefficient (Wildman–Crippen LogP) is 2.44. The zero-order valence-corrected chi connectivity index (χ0v) is 12.5. The SMILES string of the molecule is O=C1C(=O)N(Cc2noc(C3CC3)n2)c2ccc(Br)cc21. The van der Waals surface area contributed by atoms with Crippen LogP contribution in [0.2, 0.25) is 0 Å². The molecule has 1 fully saturated rings. The van der Waals surface area contributed by atoms with Gasteiger partial charge in [0.25, 0.3) is 11.7 Å². The van der Waals surface area contributed by atoms with Crippen LogP contribution in [-0.2, 0) is 11.3 Å². The molecule has 2 aromatic rings. The van der Waals surface area contributed by atoms with Crippen molar-refractivity contribution < 1.29 is 14.1 Å². The number of aromatic nitrogens is 2. The molecule has 2 heterocycles. The number of anilines is 1. The lowest BCUT2D eigenvalue weighted by Crippen LogP contribution is -2.29. The van der Waals surface area contributed by atoms with Crippen LogP contribution in [0.5, 0.6) is 0 Å². The third kappa shape index (κ3) is 2.08.